The molecule has 4 heteroatoms. The van der Waals surface area contributed by atoms with Crippen LogP contribution in [0.4, 0.5) is 5.13 Å². The second kappa shape index (κ2) is 5.17. The van der Waals surface area contributed by atoms with Crippen LogP contribution in [0.15, 0.2) is 0 Å². The molecule has 1 aromatic rings. The second-order valence-corrected chi connectivity index (χ2v) is 6.65. The summed E-state index contributed by atoms with van der Waals surface area (Å²) in [5, 5.41) is 1.21. The van der Waals surface area contributed by atoms with E-state index in [0.29, 0.717) is 0 Å². The Morgan fingerprint density at radius 3 is 2.78 bits per heavy atom. The molecule has 1 aromatic heterocycles. The van der Waals surface area contributed by atoms with Crippen molar-refractivity contribution in [2.45, 2.75) is 51.5 Å². The van der Waals surface area contributed by atoms with E-state index in [-0.39, 0.29) is 6.04 Å². The van der Waals surface area contributed by atoms with Gasteiger partial charge in [0.2, 0.25) is 0 Å². The van der Waals surface area contributed by atoms with E-state index in [1.165, 1.54) is 47.9 Å². The predicted octanol–water partition coefficient (Wildman–Crippen LogP) is 3.11. The van der Waals surface area contributed by atoms with E-state index in [9.17, 15) is 0 Å². The number of aryl methyl sites for hydroxylation is 1. The smallest absolute Gasteiger partial charge is 0.185 e. The third-order valence-corrected chi connectivity index (χ3v) is 5.63. The molecule has 1 saturated carbocycles. The molecule has 1 heterocycles. The maximum absolute atomic E-state index is 6.19. The highest BCUT2D eigenvalue weighted by Crippen LogP contribution is 2.37. The summed E-state index contributed by atoms with van der Waals surface area (Å²) in [6.45, 7) is 4.50. The van der Waals surface area contributed by atoms with Crippen LogP contribution in [0.3, 0.4) is 0 Å². The molecule has 2 N–H and O–H groups in total. The van der Waals surface area contributed by atoms with E-state index in [2.05, 4.69) is 11.8 Å². The van der Waals surface area contributed by atoms with Gasteiger partial charge in [-0.05, 0) is 44.9 Å². The normalized spacial score (nSPS) is 23.6. The highest BCUT2D eigenvalue weighted by molar-refractivity contribution is 7.15. The zero-order valence-electron chi connectivity index (χ0n) is 11.2. The molecule has 0 radical (unpaired) electrons. The van der Waals surface area contributed by atoms with Gasteiger partial charge in [0, 0.05) is 24.0 Å². The molecule has 1 atom stereocenters. The van der Waals surface area contributed by atoms with Crippen molar-refractivity contribution in [3.8, 4) is 0 Å². The number of hydrogen-bond acceptors (Lipinski definition) is 4. The van der Waals surface area contributed by atoms with E-state index in [4.69, 9.17) is 10.7 Å². The fourth-order valence-electron chi connectivity index (χ4n) is 2.90. The second-order valence-electron chi connectivity index (χ2n) is 5.64. The Morgan fingerprint density at radius 1 is 1.33 bits per heavy atom. The zero-order valence-corrected chi connectivity index (χ0v) is 12.0. The van der Waals surface area contributed by atoms with E-state index in [1.54, 1.807) is 0 Å². The SMILES string of the molecule is CCN(CC1CCC1)c1nc2c(s1)C(N)CCC2. The number of aromatic nitrogens is 1. The molecule has 1 fully saturated rings. The largest absolute Gasteiger partial charge is 0.348 e. The van der Waals surface area contributed by atoms with E-state index < -0.39 is 0 Å². The number of rotatable bonds is 4. The summed E-state index contributed by atoms with van der Waals surface area (Å²) >= 11 is 1.84. The van der Waals surface area contributed by atoms with Crippen molar-refractivity contribution in [3.05, 3.63) is 10.6 Å². The molecule has 0 bridgehead atoms. The Hall–Kier alpha value is -0.610. The third-order valence-electron chi connectivity index (χ3n) is 4.34. The molecule has 18 heavy (non-hydrogen) atoms. The average molecular weight is 265 g/mol. The minimum absolute atomic E-state index is 0.238. The van der Waals surface area contributed by atoms with Gasteiger partial charge in [0.05, 0.1) is 5.69 Å². The number of thiazole rings is 1. The fourth-order valence-corrected chi connectivity index (χ4v) is 4.12. The molecule has 100 valence electrons. The van der Waals surface area contributed by atoms with Gasteiger partial charge in [0.25, 0.3) is 0 Å². The summed E-state index contributed by atoms with van der Waals surface area (Å²) in [5.41, 5.74) is 7.47. The lowest BCUT2D eigenvalue weighted by Crippen LogP contribution is -2.32. The maximum atomic E-state index is 6.19. The van der Waals surface area contributed by atoms with Gasteiger partial charge in [-0.2, -0.15) is 0 Å². The summed E-state index contributed by atoms with van der Waals surface area (Å²) in [5.74, 6) is 0.902. The maximum Gasteiger partial charge on any atom is 0.185 e. The molecule has 3 rings (SSSR count). The van der Waals surface area contributed by atoms with Gasteiger partial charge in [-0.15, -0.1) is 0 Å². The Balaban J connectivity index is 1.77. The lowest BCUT2D eigenvalue weighted by atomic mass is 9.85. The van der Waals surface area contributed by atoms with Crippen molar-refractivity contribution in [2.75, 3.05) is 18.0 Å². The molecule has 2 aliphatic carbocycles. The topological polar surface area (TPSA) is 42.2 Å². The van der Waals surface area contributed by atoms with Gasteiger partial charge in [0.15, 0.2) is 5.13 Å². The molecule has 0 amide bonds. The summed E-state index contributed by atoms with van der Waals surface area (Å²) in [7, 11) is 0. The van der Waals surface area contributed by atoms with Crippen LogP contribution in [0, 0.1) is 5.92 Å². The van der Waals surface area contributed by atoms with Crippen LogP contribution < -0.4 is 10.6 Å². The van der Waals surface area contributed by atoms with Crippen LogP contribution in [-0.2, 0) is 6.42 Å². The molecule has 1 unspecified atom stereocenters. The standard InChI is InChI=1S/C14H23N3S/c1-2-17(9-10-5-3-6-10)14-16-12-8-4-7-11(15)13(12)18-14/h10-11H,2-9,15H2,1H3. The van der Waals surface area contributed by atoms with E-state index in [1.807, 2.05) is 11.3 Å². The number of nitrogens with zero attached hydrogens (tertiary/aromatic N) is 2. The highest BCUT2D eigenvalue weighted by Gasteiger charge is 2.25. The zero-order chi connectivity index (χ0) is 12.5. The van der Waals surface area contributed by atoms with Crippen molar-refractivity contribution in [2.24, 2.45) is 11.7 Å². The quantitative estimate of drug-likeness (QED) is 0.909. The number of anilines is 1. The van der Waals surface area contributed by atoms with Crippen LogP contribution in [0.5, 0.6) is 0 Å². The first-order valence-corrected chi connectivity index (χ1v) is 8.09. The lowest BCUT2D eigenvalue weighted by Gasteiger charge is -2.31. The van der Waals surface area contributed by atoms with Gasteiger partial charge in [-0.1, -0.05) is 17.8 Å². The minimum atomic E-state index is 0.238. The first-order chi connectivity index (χ1) is 8.78. The Morgan fingerprint density at radius 2 is 2.17 bits per heavy atom. The molecular formula is C14H23N3S. The van der Waals surface area contributed by atoms with Crippen LogP contribution in [0.25, 0.3) is 0 Å². The highest BCUT2D eigenvalue weighted by atomic mass is 32.1. The molecular weight excluding hydrogens is 242 g/mol. The van der Waals surface area contributed by atoms with Crippen LogP contribution in [0.1, 0.15) is 55.6 Å². The van der Waals surface area contributed by atoms with Gasteiger partial charge in [-0.25, -0.2) is 4.98 Å². The molecule has 2 aliphatic rings. The van der Waals surface area contributed by atoms with Crippen molar-refractivity contribution in [1.29, 1.82) is 0 Å². The summed E-state index contributed by atoms with van der Waals surface area (Å²) < 4.78 is 0. The van der Waals surface area contributed by atoms with Gasteiger partial charge < -0.3 is 10.6 Å². The molecule has 0 saturated heterocycles. The fraction of sp³-hybridized carbons (Fsp3) is 0.786. The average Bonchev–Trinajstić information content (AvgIpc) is 2.73. The van der Waals surface area contributed by atoms with Crippen molar-refractivity contribution < 1.29 is 0 Å². The summed E-state index contributed by atoms with van der Waals surface area (Å²) in [6, 6.07) is 0.238. The van der Waals surface area contributed by atoms with Crippen LogP contribution in [0.2, 0.25) is 0 Å². The van der Waals surface area contributed by atoms with Crippen molar-refractivity contribution >= 4 is 16.5 Å². The van der Waals surface area contributed by atoms with Crippen molar-refractivity contribution in [3.63, 3.8) is 0 Å². The van der Waals surface area contributed by atoms with E-state index >= 15 is 0 Å². The van der Waals surface area contributed by atoms with Gasteiger partial charge in [-0.3, -0.25) is 0 Å². The first-order valence-electron chi connectivity index (χ1n) is 7.28. The molecule has 0 aliphatic heterocycles. The lowest BCUT2D eigenvalue weighted by molar-refractivity contribution is 0.318. The van der Waals surface area contributed by atoms with Crippen LogP contribution >= 0.6 is 11.3 Å². The first kappa shape index (κ1) is 12.4. The monoisotopic (exact) mass is 265 g/mol. The van der Waals surface area contributed by atoms with Crippen LogP contribution in [-0.4, -0.2) is 18.1 Å². The number of nitrogens with two attached hydrogens (primary N) is 1. The predicted molar refractivity (Wildman–Crippen MR) is 77.2 cm³/mol. The molecule has 3 nitrogen and oxygen atoms in total. The number of fused-ring (bicyclic) bond motifs is 1. The summed E-state index contributed by atoms with van der Waals surface area (Å²) in [6.07, 6.45) is 7.68. The van der Waals surface area contributed by atoms with Gasteiger partial charge in [0.1, 0.15) is 0 Å². The Kier molecular flexibility index (Phi) is 3.57. The molecule has 0 spiro atoms. The minimum Gasteiger partial charge on any atom is -0.348 e. The van der Waals surface area contributed by atoms with Gasteiger partial charge >= 0.3 is 0 Å². The van der Waals surface area contributed by atoms with E-state index in [0.717, 1.165) is 25.3 Å². The van der Waals surface area contributed by atoms with Crippen molar-refractivity contribution in [1.82, 2.24) is 4.98 Å². The summed E-state index contributed by atoms with van der Waals surface area (Å²) in [4.78, 5) is 8.66. The number of hydrogen-bond donors (Lipinski definition) is 1. The Bertz CT molecular complexity index is 411. The Labute approximate surface area is 113 Å². The molecule has 0 aromatic carbocycles. The third kappa shape index (κ3) is 2.28.